The molecule has 0 spiro atoms. The number of rotatable bonds is 2. The van der Waals surface area contributed by atoms with Crippen LogP contribution in [0.3, 0.4) is 0 Å². The average molecular weight is 308 g/mol. The predicted molar refractivity (Wildman–Crippen MR) is 74.8 cm³/mol. The molecule has 0 fully saturated rings. The van der Waals surface area contributed by atoms with Gasteiger partial charge in [0.15, 0.2) is 17.5 Å². The minimum absolute atomic E-state index is 0.452. The summed E-state index contributed by atoms with van der Waals surface area (Å²) in [5.41, 5.74) is -0.160. The maximum Gasteiger partial charge on any atom is 0.316 e. The summed E-state index contributed by atoms with van der Waals surface area (Å²) in [7, 11) is 1.36. The SMILES string of the molecule is CN(C(=O)C(=O)Nc1ccc(F)c(F)c1F)c1ccccc1. The Morgan fingerprint density at radius 1 is 0.955 bits per heavy atom. The lowest BCUT2D eigenvalue weighted by atomic mass is 10.2. The van der Waals surface area contributed by atoms with Crippen molar-refractivity contribution in [3.05, 3.63) is 59.9 Å². The van der Waals surface area contributed by atoms with Gasteiger partial charge in [0, 0.05) is 12.7 Å². The lowest BCUT2D eigenvalue weighted by molar-refractivity contribution is -0.134. The molecule has 114 valence electrons. The van der Waals surface area contributed by atoms with E-state index in [1.807, 2.05) is 5.32 Å². The zero-order valence-electron chi connectivity index (χ0n) is 11.4. The van der Waals surface area contributed by atoms with Crippen molar-refractivity contribution in [2.45, 2.75) is 0 Å². The summed E-state index contributed by atoms with van der Waals surface area (Å²) < 4.78 is 39.3. The van der Waals surface area contributed by atoms with Crippen LogP contribution in [-0.4, -0.2) is 18.9 Å². The molecule has 0 aliphatic heterocycles. The molecule has 2 rings (SSSR count). The molecule has 4 nitrogen and oxygen atoms in total. The lowest BCUT2D eigenvalue weighted by Gasteiger charge is -2.16. The Bertz CT molecular complexity index is 720. The molecular formula is C15H11F3N2O2. The Morgan fingerprint density at radius 3 is 2.23 bits per heavy atom. The van der Waals surface area contributed by atoms with Gasteiger partial charge in [-0.05, 0) is 24.3 Å². The molecule has 0 aromatic heterocycles. The van der Waals surface area contributed by atoms with E-state index < -0.39 is 35.0 Å². The van der Waals surface area contributed by atoms with Crippen LogP contribution in [0.15, 0.2) is 42.5 Å². The van der Waals surface area contributed by atoms with E-state index in [4.69, 9.17) is 0 Å². The van der Waals surface area contributed by atoms with Gasteiger partial charge in [0.25, 0.3) is 0 Å². The van der Waals surface area contributed by atoms with Gasteiger partial charge in [-0.15, -0.1) is 0 Å². The van der Waals surface area contributed by atoms with E-state index in [2.05, 4.69) is 0 Å². The number of nitrogens with zero attached hydrogens (tertiary/aromatic N) is 1. The van der Waals surface area contributed by atoms with Gasteiger partial charge in [-0.2, -0.15) is 0 Å². The quantitative estimate of drug-likeness (QED) is 0.685. The van der Waals surface area contributed by atoms with Crippen molar-refractivity contribution in [3.63, 3.8) is 0 Å². The second kappa shape index (κ2) is 6.30. The zero-order valence-corrected chi connectivity index (χ0v) is 11.4. The van der Waals surface area contributed by atoms with E-state index in [0.717, 1.165) is 11.0 Å². The molecule has 0 aliphatic carbocycles. The van der Waals surface area contributed by atoms with E-state index in [0.29, 0.717) is 11.8 Å². The summed E-state index contributed by atoms with van der Waals surface area (Å²) in [4.78, 5) is 24.8. The summed E-state index contributed by atoms with van der Waals surface area (Å²) in [5, 5.41) is 1.92. The molecule has 0 heterocycles. The molecule has 0 aliphatic rings. The molecule has 2 amide bonds. The standard InChI is InChI=1S/C15H11F3N2O2/c1-20(9-5-3-2-4-6-9)15(22)14(21)19-11-8-7-10(16)12(17)13(11)18/h2-8H,1H3,(H,19,21). The van der Waals surface area contributed by atoms with E-state index in [-0.39, 0.29) is 0 Å². The van der Waals surface area contributed by atoms with Gasteiger partial charge >= 0.3 is 11.8 Å². The van der Waals surface area contributed by atoms with Crippen molar-refractivity contribution in [1.82, 2.24) is 0 Å². The molecule has 2 aromatic rings. The van der Waals surface area contributed by atoms with Crippen molar-refractivity contribution in [2.75, 3.05) is 17.3 Å². The van der Waals surface area contributed by atoms with Crippen molar-refractivity contribution in [1.29, 1.82) is 0 Å². The summed E-state index contributed by atoms with van der Waals surface area (Å²) in [5.74, 6) is -6.82. The van der Waals surface area contributed by atoms with E-state index in [9.17, 15) is 22.8 Å². The molecule has 0 radical (unpaired) electrons. The van der Waals surface area contributed by atoms with Crippen LogP contribution in [0.5, 0.6) is 0 Å². The van der Waals surface area contributed by atoms with E-state index >= 15 is 0 Å². The molecule has 0 bridgehead atoms. The van der Waals surface area contributed by atoms with Crippen LogP contribution in [0.4, 0.5) is 24.5 Å². The number of carbonyl (C=O) groups is 2. The molecule has 1 N–H and O–H groups in total. The topological polar surface area (TPSA) is 49.4 Å². The predicted octanol–water partition coefficient (Wildman–Crippen LogP) is 2.71. The Balaban J connectivity index is 2.16. The zero-order chi connectivity index (χ0) is 16.3. The van der Waals surface area contributed by atoms with Crippen molar-refractivity contribution < 1.29 is 22.8 Å². The number of amides is 2. The second-order valence-corrected chi connectivity index (χ2v) is 4.38. The first-order valence-electron chi connectivity index (χ1n) is 6.19. The summed E-state index contributed by atoms with van der Waals surface area (Å²) in [6.07, 6.45) is 0. The number of likely N-dealkylation sites (N-methyl/N-ethyl adjacent to an activating group) is 1. The molecule has 22 heavy (non-hydrogen) atoms. The number of carbonyl (C=O) groups excluding carboxylic acids is 2. The molecule has 7 heteroatoms. The van der Waals surface area contributed by atoms with Crippen molar-refractivity contribution in [3.8, 4) is 0 Å². The highest BCUT2D eigenvalue weighted by Gasteiger charge is 2.22. The number of nitrogens with one attached hydrogen (secondary N) is 1. The average Bonchev–Trinajstić information content (AvgIpc) is 2.54. The van der Waals surface area contributed by atoms with Crippen LogP contribution >= 0.6 is 0 Å². The van der Waals surface area contributed by atoms with Gasteiger partial charge in [0.05, 0.1) is 5.69 Å². The number of anilines is 2. The van der Waals surface area contributed by atoms with Gasteiger partial charge < -0.3 is 10.2 Å². The van der Waals surface area contributed by atoms with Gasteiger partial charge in [0.1, 0.15) is 0 Å². The molecule has 0 unspecified atom stereocenters. The van der Waals surface area contributed by atoms with E-state index in [1.54, 1.807) is 30.3 Å². The molecule has 0 saturated heterocycles. The first kappa shape index (κ1) is 15.6. The fourth-order valence-corrected chi connectivity index (χ4v) is 1.72. The van der Waals surface area contributed by atoms with Crippen molar-refractivity contribution >= 4 is 23.2 Å². The number of halogens is 3. The highest BCUT2D eigenvalue weighted by molar-refractivity contribution is 6.44. The first-order chi connectivity index (χ1) is 10.4. The van der Waals surface area contributed by atoms with Crippen LogP contribution in [0, 0.1) is 17.5 Å². The van der Waals surface area contributed by atoms with Gasteiger partial charge in [-0.1, -0.05) is 18.2 Å². The van der Waals surface area contributed by atoms with E-state index in [1.165, 1.54) is 7.05 Å². The largest absolute Gasteiger partial charge is 0.316 e. The lowest BCUT2D eigenvalue weighted by Crippen LogP contribution is -2.37. The fraction of sp³-hybridized carbons (Fsp3) is 0.0667. The minimum atomic E-state index is -1.72. The number of hydrogen-bond donors (Lipinski definition) is 1. The normalized spacial score (nSPS) is 10.2. The smallest absolute Gasteiger partial charge is 0.315 e. The minimum Gasteiger partial charge on any atom is -0.315 e. The third-order valence-electron chi connectivity index (χ3n) is 2.93. The van der Waals surface area contributed by atoms with Gasteiger partial charge in [0.2, 0.25) is 0 Å². The highest BCUT2D eigenvalue weighted by Crippen LogP contribution is 2.20. The first-order valence-corrected chi connectivity index (χ1v) is 6.19. The molecule has 0 atom stereocenters. The van der Waals surface area contributed by atoms with Crippen LogP contribution in [0.2, 0.25) is 0 Å². The van der Waals surface area contributed by atoms with Crippen LogP contribution in [0.1, 0.15) is 0 Å². The number of hydrogen-bond acceptors (Lipinski definition) is 2. The van der Waals surface area contributed by atoms with Crippen molar-refractivity contribution in [2.24, 2.45) is 0 Å². The maximum absolute atomic E-state index is 13.5. The Labute approximate surface area is 124 Å². The molecule has 0 saturated carbocycles. The third-order valence-corrected chi connectivity index (χ3v) is 2.93. The molecular weight excluding hydrogens is 297 g/mol. The van der Waals surface area contributed by atoms with Crippen LogP contribution in [-0.2, 0) is 9.59 Å². The Morgan fingerprint density at radius 2 is 1.59 bits per heavy atom. The summed E-state index contributed by atoms with van der Waals surface area (Å²) >= 11 is 0. The van der Waals surface area contributed by atoms with Gasteiger partial charge in [-0.3, -0.25) is 9.59 Å². The third kappa shape index (κ3) is 3.08. The summed E-state index contributed by atoms with van der Waals surface area (Å²) in [6.45, 7) is 0. The van der Waals surface area contributed by atoms with Gasteiger partial charge in [-0.25, -0.2) is 13.2 Å². The summed E-state index contributed by atoms with van der Waals surface area (Å²) in [6, 6.07) is 9.77. The maximum atomic E-state index is 13.5. The monoisotopic (exact) mass is 308 g/mol. The van der Waals surface area contributed by atoms with Crippen LogP contribution in [0.25, 0.3) is 0 Å². The Kier molecular flexibility index (Phi) is 4.45. The Hall–Kier alpha value is -2.83. The number of para-hydroxylation sites is 1. The van der Waals surface area contributed by atoms with Crippen LogP contribution < -0.4 is 10.2 Å². The number of benzene rings is 2. The highest BCUT2D eigenvalue weighted by atomic mass is 19.2. The fourth-order valence-electron chi connectivity index (χ4n) is 1.72. The second-order valence-electron chi connectivity index (χ2n) is 4.38. The molecule has 2 aromatic carbocycles.